The summed E-state index contributed by atoms with van der Waals surface area (Å²) in [7, 11) is 0. The molecule has 2 aromatic carbocycles. The van der Waals surface area contributed by atoms with E-state index in [0.29, 0.717) is 5.56 Å². The number of aromatic hydroxyl groups is 1. The molecule has 0 radical (unpaired) electrons. The van der Waals surface area contributed by atoms with Crippen LogP contribution in [-0.4, -0.2) is 11.3 Å². The molecule has 0 fully saturated rings. The first kappa shape index (κ1) is 11.7. The summed E-state index contributed by atoms with van der Waals surface area (Å²) in [4.78, 5) is 5.13. The molecule has 2 aromatic rings. The highest BCUT2D eigenvalue weighted by atomic mass is 32.1. The minimum Gasteiger partial charge on any atom is -0.507 e. The fraction of sp³-hybridized carbons (Fsp3) is 0.0714. The van der Waals surface area contributed by atoms with Gasteiger partial charge in [0.15, 0.2) is 0 Å². The summed E-state index contributed by atoms with van der Waals surface area (Å²) < 4.78 is 0. The Bertz CT molecular complexity index is 564. The molecule has 86 valence electrons. The molecule has 0 saturated carbocycles. The third kappa shape index (κ3) is 2.68. The van der Waals surface area contributed by atoms with E-state index in [9.17, 15) is 5.11 Å². The molecule has 0 aliphatic heterocycles. The third-order valence-corrected chi connectivity index (χ3v) is 2.87. The van der Waals surface area contributed by atoms with Crippen LogP contribution in [0.1, 0.15) is 11.1 Å². The van der Waals surface area contributed by atoms with Crippen LogP contribution >= 0.6 is 12.6 Å². The monoisotopic (exact) mass is 243 g/mol. The van der Waals surface area contributed by atoms with E-state index in [0.717, 1.165) is 16.1 Å². The number of para-hydroxylation sites is 2. The normalized spacial score (nSPS) is 10.9. The minimum absolute atomic E-state index is 0.271. The van der Waals surface area contributed by atoms with Gasteiger partial charge in [-0.3, -0.25) is 4.99 Å². The molecule has 0 aliphatic rings. The Morgan fingerprint density at radius 1 is 1.12 bits per heavy atom. The predicted molar refractivity (Wildman–Crippen MR) is 73.8 cm³/mol. The Labute approximate surface area is 106 Å². The first-order valence-corrected chi connectivity index (χ1v) is 5.74. The van der Waals surface area contributed by atoms with Gasteiger partial charge in [0.25, 0.3) is 0 Å². The molecule has 0 amide bonds. The van der Waals surface area contributed by atoms with E-state index in [-0.39, 0.29) is 5.75 Å². The van der Waals surface area contributed by atoms with Crippen molar-refractivity contribution in [1.29, 1.82) is 0 Å². The quantitative estimate of drug-likeness (QED) is 0.611. The minimum atomic E-state index is 0.271. The number of aliphatic imine (C=N–C) groups is 1. The Hall–Kier alpha value is -1.74. The van der Waals surface area contributed by atoms with Gasteiger partial charge in [0.1, 0.15) is 5.75 Å². The molecule has 0 bridgehead atoms. The van der Waals surface area contributed by atoms with Crippen LogP contribution in [-0.2, 0) is 0 Å². The molecule has 0 heterocycles. The molecule has 2 rings (SSSR count). The molecule has 0 unspecified atom stereocenters. The van der Waals surface area contributed by atoms with Gasteiger partial charge in [-0.15, -0.1) is 12.6 Å². The molecular formula is C14H13NOS. The van der Waals surface area contributed by atoms with E-state index < -0.39 is 0 Å². The van der Waals surface area contributed by atoms with Crippen LogP contribution < -0.4 is 0 Å². The lowest BCUT2D eigenvalue weighted by atomic mass is 10.1. The van der Waals surface area contributed by atoms with Crippen LogP contribution in [0.3, 0.4) is 0 Å². The molecule has 0 saturated heterocycles. The summed E-state index contributed by atoms with van der Waals surface area (Å²) in [6, 6.07) is 13.2. The lowest BCUT2D eigenvalue weighted by Crippen LogP contribution is -1.84. The van der Waals surface area contributed by atoms with Crippen LogP contribution in [0, 0.1) is 6.92 Å². The molecule has 3 heteroatoms. The second kappa shape index (κ2) is 5.06. The Morgan fingerprint density at radius 2 is 1.88 bits per heavy atom. The van der Waals surface area contributed by atoms with Gasteiger partial charge in [-0.1, -0.05) is 24.3 Å². The van der Waals surface area contributed by atoms with Crippen molar-refractivity contribution in [2.24, 2.45) is 4.99 Å². The Kier molecular flexibility index (Phi) is 3.49. The van der Waals surface area contributed by atoms with E-state index in [2.05, 4.69) is 17.6 Å². The van der Waals surface area contributed by atoms with Crippen molar-refractivity contribution >= 4 is 24.5 Å². The van der Waals surface area contributed by atoms with Crippen LogP contribution in [0.25, 0.3) is 0 Å². The molecular weight excluding hydrogens is 230 g/mol. The fourth-order valence-corrected chi connectivity index (χ4v) is 1.72. The number of phenolic OH excluding ortho intramolecular Hbond substituents is 1. The van der Waals surface area contributed by atoms with Gasteiger partial charge in [-0.2, -0.15) is 0 Å². The highest BCUT2D eigenvalue weighted by Crippen LogP contribution is 2.24. The molecule has 2 nitrogen and oxygen atoms in total. The number of benzene rings is 2. The number of aryl methyl sites for hydroxylation is 1. The average molecular weight is 243 g/mol. The van der Waals surface area contributed by atoms with Crippen molar-refractivity contribution in [2.75, 3.05) is 0 Å². The van der Waals surface area contributed by atoms with Crippen molar-refractivity contribution in [3.05, 3.63) is 53.6 Å². The summed E-state index contributed by atoms with van der Waals surface area (Å²) in [5.74, 6) is 0.271. The van der Waals surface area contributed by atoms with Crippen molar-refractivity contribution in [2.45, 2.75) is 11.8 Å². The van der Waals surface area contributed by atoms with Gasteiger partial charge in [0.05, 0.1) is 5.69 Å². The number of rotatable bonds is 2. The first-order chi connectivity index (χ1) is 8.18. The van der Waals surface area contributed by atoms with Crippen molar-refractivity contribution in [3.63, 3.8) is 0 Å². The lowest BCUT2D eigenvalue weighted by molar-refractivity contribution is 0.470. The van der Waals surface area contributed by atoms with Crippen molar-refractivity contribution in [1.82, 2.24) is 0 Å². The van der Waals surface area contributed by atoms with Gasteiger partial charge >= 0.3 is 0 Å². The largest absolute Gasteiger partial charge is 0.507 e. The fourth-order valence-electron chi connectivity index (χ4n) is 1.50. The summed E-state index contributed by atoms with van der Waals surface area (Å²) in [6.07, 6.45) is 1.65. The Morgan fingerprint density at radius 3 is 2.65 bits per heavy atom. The highest BCUT2D eigenvalue weighted by Gasteiger charge is 2.00. The summed E-state index contributed by atoms with van der Waals surface area (Å²) in [5, 5.41) is 9.83. The maximum absolute atomic E-state index is 9.83. The maximum Gasteiger partial charge on any atom is 0.127 e. The van der Waals surface area contributed by atoms with E-state index in [1.165, 1.54) is 0 Å². The second-order valence-electron chi connectivity index (χ2n) is 3.76. The van der Waals surface area contributed by atoms with E-state index in [1.807, 2.05) is 49.4 Å². The van der Waals surface area contributed by atoms with Gasteiger partial charge < -0.3 is 5.11 Å². The summed E-state index contributed by atoms with van der Waals surface area (Å²) in [5.41, 5.74) is 2.34. The Balaban J connectivity index is 2.33. The first-order valence-electron chi connectivity index (χ1n) is 5.29. The van der Waals surface area contributed by atoms with Gasteiger partial charge in [-0.05, 0) is 30.7 Å². The number of nitrogens with zero attached hydrogens (tertiary/aromatic N) is 1. The van der Waals surface area contributed by atoms with Crippen molar-refractivity contribution < 1.29 is 5.11 Å². The lowest BCUT2D eigenvalue weighted by Gasteiger charge is -2.02. The zero-order valence-electron chi connectivity index (χ0n) is 9.46. The summed E-state index contributed by atoms with van der Waals surface area (Å²) in [6.45, 7) is 1.86. The van der Waals surface area contributed by atoms with Crippen LogP contribution in [0.4, 0.5) is 5.69 Å². The number of thiol groups is 1. The molecule has 0 atom stereocenters. The smallest absolute Gasteiger partial charge is 0.127 e. The molecule has 0 spiro atoms. The number of phenols is 1. The van der Waals surface area contributed by atoms with E-state index >= 15 is 0 Å². The van der Waals surface area contributed by atoms with Gasteiger partial charge in [0.2, 0.25) is 0 Å². The van der Waals surface area contributed by atoms with Crippen LogP contribution in [0.2, 0.25) is 0 Å². The SMILES string of the molecule is Cc1cccc(/C=N/c2ccccc2S)c1O. The zero-order valence-corrected chi connectivity index (χ0v) is 10.4. The average Bonchev–Trinajstić information content (AvgIpc) is 2.33. The molecule has 0 aromatic heterocycles. The number of hydrogen-bond donors (Lipinski definition) is 2. The van der Waals surface area contributed by atoms with E-state index in [1.54, 1.807) is 6.21 Å². The highest BCUT2D eigenvalue weighted by molar-refractivity contribution is 7.80. The maximum atomic E-state index is 9.83. The third-order valence-electron chi connectivity index (χ3n) is 2.49. The van der Waals surface area contributed by atoms with E-state index in [4.69, 9.17) is 0 Å². The standard InChI is InChI=1S/C14H13NOS/c1-10-5-4-6-11(14(10)16)9-15-12-7-2-3-8-13(12)17/h2-9,16-17H,1H3/b15-9+. The zero-order chi connectivity index (χ0) is 12.3. The van der Waals surface area contributed by atoms with Crippen LogP contribution in [0.5, 0.6) is 5.75 Å². The molecule has 0 aliphatic carbocycles. The summed E-state index contributed by atoms with van der Waals surface area (Å²) >= 11 is 4.31. The molecule has 17 heavy (non-hydrogen) atoms. The van der Waals surface area contributed by atoms with Gasteiger partial charge in [-0.25, -0.2) is 0 Å². The topological polar surface area (TPSA) is 32.6 Å². The van der Waals surface area contributed by atoms with Crippen molar-refractivity contribution in [3.8, 4) is 5.75 Å². The number of hydrogen-bond acceptors (Lipinski definition) is 3. The second-order valence-corrected chi connectivity index (χ2v) is 4.24. The molecule has 1 N–H and O–H groups in total. The van der Waals surface area contributed by atoms with Crippen LogP contribution in [0.15, 0.2) is 52.4 Å². The predicted octanol–water partition coefficient (Wildman–Crippen LogP) is 3.74. The van der Waals surface area contributed by atoms with Gasteiger partial charge in [0, 0.05) is 16.7 Å².